The number of carbonyl (C=O) groups excluding carboxylic acids is 2. The molecule has 29 heavy (non-hydrogen) atoms. The van der Waals surface area contributed by atoms with E-state index in [-0.39, 0.29) is 34.3 Å². The minimum absolute atomic E-state index is 0.0328. The van der Waals surface area contributed by atoms with Gasteiger partial charge < -0.3 is 13.9 Å². The Morgan fingerprint density at radius 1 is 1.14 bits per heavy atom. The molecule has 0 atom stereocenters. The summed E-state index contributed by atoms with van der Waals surface area (Å²) >= 11 is 0. The number of ether oxygens (including phenoxy) is 2. The number of rotatable bonds is 4. The van der Waals surface area contributed by atoms with E-state index >= 15 is 0 Å². The van der Waals surface area contributed by atoms with Gasteiger partial charge in [-0.05, 0) is 37.3 Å². The summed E-state index contributed by atoms with van der Waals surface area (Å²) in [5.74, 6) is 0.588. The first-order chi connectivity index (χ1) is 13.9. The van der Waals surface area contributed by atoms with Gasteiger partial charge in [0.1, 0.15) is 23.0 Å². The molecule has 8 nitrogen and oxygen atoms in total. The molecule has 4 rings (SSSR count). The number of carbonyl (C=O) groups is 2. The molecular formula is C21H13NO7. The van der Waals surface area contributed by atoms with Crippen molar-refractivity contribution < 1.29 is 28.4 Å². The summed E-state index contributed by atoms with van der Waals surface area (Å²) in [7, 11) is 0. The third-order valence-electron chi connectivity index (χ3n) is 4.18. The molecule has 3 aromatic rings. The van der Waals surface area contributed by atoms with Crippen LogP contribution in [0.2, 0.25) is 0 Å². The summed E-state index contributed by atoms with van der Waals surface area (Å²) in [4.78, 5) is 35.0. The summed E-state index contributed by atoms with van der Waals surface area (Å²) in [6.45, 7) is 1.79. The van der Waals surface area contributed by atoms with E-state index < -0.39 is 10.9 Å². The van der Waals surface area contributed by atoms with Crippen LogP contribution < -0.4 is 9.47 Å². The Morgan fingerprint density at radius 3 is 2.69 bits per heavy atom. The molecule has 0 aliphatic carbocycles. The van der Waals surface area contributed by atoms with Crippen LogP contribution in [0.3, 0.4) is 0 Å². The van der Waals surface area contributed by atoms with Crippen molar-refractivity contribution in [2.45, 2.75) is 6.92 Å². The van der Waals surface area contributed by atoms with Crippen LogP contribution in [0.4, 0.5) is 5.69 Å². The maximum Gasteiger partial charge on any atom is 0.343 e. The van der Waals surface area contributed by atoms with Crippen LogP contribution in [0.25, 0.3) is 6.08 Å². The van der Waals surface area contributed by atoms with Crippen LogP contribution in [0.1, 0.15) is 32.2 Å². The molecule has 0 N–H and O–H groups in total. The van der Waals surface area contributed by atoms with Gasteiger partial charge in [0.05, 0.1) is 16.1 Å². The Kier molecular flexibility index (Phi) is 4.44. The predicted molar refractivity (Wildman–Crippen MR) is 101 cm³/mol. The molecule has 144 valence electrons. The Labute approximate surface area is 164 Å². The third-order valence-corrected chi connectivity index (χ3v) is 4.18. The number of hydrogen-bond acceptors (Lipinski definition) is 7. The van der Waals surface area contributed by atoms with E-state index in [1.54, 1.807) is 19.1 Å². The predicted octanol–water partition coefficient (Wildman–Crippen LogP) is 4.33. The highest BCUT2D eigenvalue weighted by Crippen LogP contribution is 2.35. The molecule has 1 aliphatic heterocycles. The van der Waals surface area contributed by atoms with Gasteiger partial charge in [0.2, 0.25) is 5.78 Å². The third kappa shape index (κ3) is 3.63. The molecule has 2 aromatic carbocycles. The zero-order valence-corrected chi connectivity index (χ0v) is 15.1. The molecule has 0 spiro atoms. The lowest BCUT2D eigenvalue weighted by Crippen LogP contribution is -2.08. The molecular weight excluding hydrogens is 378 g/mol. The van der Waals surface area contributed by atoms with Gasteiger partial charge in [-0.2, -0.15) is 0 Å². The summed E-state index contributed by atoms with van der Waals surface area (Å²) in [6.07, 6.45) is 1.49. The number of benzene rings is 2. The highest BCUT2D eigenvalue weighted by molar-refractivity contribution is 6.14. The normalized spacial score (nSPS) is 13.8. The lowest BCUT2D eigenvalue weighted by Gasteiger charge is -2.05. The van der Waals surface area contributed by atoms with Gasteiger partial charge in [0.25, 0.3) is 5.69 Å². The van der Waals surface area contributed by atoms with Gasteiger partial charge in [-0.1, -0.05) is 6.07 Å². The van der Waals surface area contributed by atoms with E-state index in [0.29, 0.717) is 17.1 Å². The van der Waals surface area contributed by atoms with Gasteiger partial charge in [-0.25, -0.2) is 4.79 Å². The number of non-ortho nitro benzene ring substituents is 1. The highest BCUT2D eigenvalue weighted by Gasteiger charge is 2.28. The van der Waals surface area contributed by atoms with Gasteiger partial charge in [-0.3, -0.25) is 14.9 Å². The van der Waals surface area contributed by atoms with Crippen LogP contribution in [-0.2, 0) is 0 Å². The van der Waals surface area contributed by atoms with E-state index in [1.807, 2.05) is 0 Å². The van der Waals surface area contributed by atoms with Crippen LogP contribution >= 0.6 is 0 Å². The zero-order valence-electron chi connectivity index (χ0n) is 15.1. The highest BCUT2D eigenvalue weighted by atomic mass is 16.6. The van der Waals surface area contributed by atoms with Crippen molar-refractivity contribution in [1.29, 1.82) is 0 Å². The van der Waals surface area contributed by atoms with Crippen molar-refractivity contribution in [3.05, 3.63) is 93.1 Å². The van der Waals surface area contributed by atoms with E-state index in [4.69, 9.17) is 13.9 Å². The van der Waals surface area contributed by atoms with Crippen LogP contribution in [0.15, 0.2) is 64.8 Å². The number of nitrogens with zero attached hydrogens (tertiary/aromatic N) is 1. The molecule has 0 amide bonds. The minimum Gasteiger partial charge on any atom is -0.462 e. The standard InChI is InChI=1S/C21H13NO7/c1-12-5-6-15(27-12)11-19-20(23)17-8-7-16(10-18(17)29-19)28-21(24)13-3-2-4-14(9-13)22(25)26/h2-11H,1H3. The topological polar surface area (TPSA) is 109 Å². The van der Waals surface area contributed by atoms with Crippen molar-refractivity contribution in [3.8, 4) is 11.5 Å². The van der Waals surface area contributed by atoms with Crippen LogP contribution in [0, 0.1) is 17.0 Å². The monoisotopic (exact) mass is 391 g/mol. The van der Waals surface area contributed by atoms with Gasteiger partial charge >= 0.3 is 5.97 Å². The first-order valence-corrected chi connectivity index (χ1v) is 8.52. The number of esters is 1. The Balaban J connectivity index is 1.54. The molecule has 0 radical (unpaired) electrons. The average molecular weight is 391 g/mol. The summed E-state index contributed by atoms with van der Waals surface area (Å²) in [5.41, 5.74) is 0.144. The van der Waals surface area contributed by atoms with Gasteiger partial charge in [0.15, 0.2) is 5.76 Å². The quantitative estimate of drug-likeness (QED) is 0.214. The lowest BCUT2D eigenvalue weighted by molar-refractivity contribution is -0.384. The number of aryl methyl sites for hydroxylation is 1. The fourth-order valence-electron chi connectivity index (χ4n) is 2.80. The number of nitro benzene ring substituents is 1. The van der Waals surface area contributed by atoms with Gasteiger partial charge in [0, 0.05) is 24.3 Å². The van der Waals surface area contributed by atoms with Crippen molar-refractivity contribution in [3.63, 3.8) is 0 Å². The van der Waals surface area contributed by atoms with Crippen LogP contribution in [-0.4, -0.2) is 16.7 Å². The molecule has 0 fully saturated rings. The fraction of sp³-hybridized carbons (Fsp3) is 0.0476. The first kappa shape index (κ1) is 18.2. The van der Waals surface area contributed by atoms with Crippen molar-refractivity contribution in [2.75, 3.05) is 0 Å². The molecule has 8 heteroatoms. The Morgan fingerprint density at radius 2 is 1.97 bits per heavy atom. The van der Waals surface area contributed by atoms with Crippen molar-refractivity contribution in [1.82, 2.24) is 0 Å². The Hall–Kier alpha value is -4.20. The number of fused-ring (bicyclic) bond motifs is 1. The lowest BCUT2D eigenvalue weighted by atomic mass is 10.1. The summed E-state index contributed by atoms with van der Waals surface area (Å²) < 4.78 is 16.3. The van der Waals surface area contributed by atoms with E-state index in [1.165, 1.54) is 42.5 Å². The fourth-order valence-corrected chi connectivity index (χ4v) is 2.80. The maximum atomic E-state index is 12.5. The van der Waals surface area contributed by atoms with E-state index in [9.17, 15) is 19.7 Å². The van der Waals surface area contributed by atoms with E-state index in [0.717, 1.165) is 6.07 Å². The number of hydrogen-bond donors (Lipinski definition) is 0. The number of allylic oxidation sites excluding steroid dienone is 1. The number of nitro groups is 1. The molecule has 0 unspecified atom stereocenters. The molecule has 1 aromatic heterocycles. The second kappa shape index (κ2) is 7.08. The first-order valence-electron chi connectivity index (χ1n) is 8.52. The van der Waals surface area contributed by atoms with Crippen LogP contribution in [0.5, 0.6) is 11.5 Å². The smallest absolute Gasteiger partial charge is 0.343 e. The second-order valence-corrected chi connectivity index (χ2v) is 6.24. The zero-order chi connectivity index (χ0) is 20.5. The van der Waals surface area contributed by atoms with Gasteiger partial charge in [-0.15, -0.1) is 0 Å². The SMILES string of the molecule is Cc1ccc(C=C2Oc3cc(OC(=O)c4cccc([N+](=O)[O-])c4)ccc3C2=O)o1. The van der Waals surface area contributed by atoms with E-state index in [2.05, 4.69) is 0 Å². The minimum atomic E-state index is -0.764. The summed E-state index contributed by atoms with van der Waals surface area (Å²) in [6, 6.07) is 13.1. The van der Waals surface area contributed by atoms with Crippen molar-refractivity contribution in [2.24, 2.45) is 0 Å². The summed E-state index contributed by atoms with van der Waals surface area (Å²) in [5, 5.41) is 10.8. The molecule has 2 heterocycles. The number of furan rings is 1. The molecule has 0 bridgehead atoms. The number of ketones is 1. The van der Waals surface area contributed by atoms with Crippen molar-refractivity contribution >= 4 is 23.5 Å². The largest absolute Gasteiger partial charge is 0.462 e. The number of Topliss-reactive ketones (excluding diaryl/α,β-unsaturated/α-hetero) is 1. The Bertz CT molecular complexity index is 1190. The second-order valence-electron chi connectivity index (χ2n) is 6.24. The maximum absolute atomic E-state index is 12.5. The molecule has 1 aliphatic rings. The molecule has 0 saturated heterocycles. The molecule has 0 saturated carbocycles. The average Bonchev–Trinajstić information content (AvgIpc) is 3.25.